The number of para-hydroxylation sites is 1. The highest BCUT2D eigenvalue weighted by molar-refractivity contribution is 5.86. The Labute approximate surface area is 146 Å². The fourth-order valence-corrected chi connectivity index (χ4v) is 3.57. The summed E-state index contributed by atoms with van der Waals surface area (Å²) in [7, 11) is 1.66. The van der Waals surface area contributed by atoms with Gasteiger partial charge in [0.05, 0.1) is 19.6 Å². The van der Waals surface area contributed by atoms with Gasteiger partial charge in [-0.1, -0.05) is 29.4 Å². The molecule has 0 saturated carbocycles. The summed E-state index contributed by atoms with van der Waals surface area (Å²) in [5, 5.41) is 5.00. The number of aromatic nitrogens is 1. The zero-order valence-corrected chi connectivity index (χ0v) is 14.1. The standard InChI is InChI=1S/C20H20N2O3/c1-24-15-7-4-6-14(12-15)18-9-5-11-22(18)20(23)13-17-16-8-2-3-10-19(16)25-21-17/h2-4,6-8,10,12,18H,5,9,11,13H2,1H3. The van der Waals surface area contributed by atoms with E-state index in [9.17, 15) is 4.79 Å². The van der Waals surface area contributed by atoms with Crippen molar-refractivity contribution >= 4 is 16.9 Å². The molecule has 25 heavy (non-hydrogen) atoms. The van der Waals surface area contributed by atoms with E-state index in [2.05, 4.69) is 11.2 Å². The molecule has 0 bridgehead atoms. The van der Waals surface area contributed by atoms with Gasteiger partial charge in [0.25, 0.3) is 0 Å². The van der Waals surface area contributed by atoms with Crippen LogP contribution >= 0.6 is 0 Å². The summed E-state index contributed by atoms with van der Waals surface area (Å²) in [5.74, 6) is 0.906. The maximum absolute atomic E-state index is 12.9. The van der Waals surface area contributed by atoms with E-state index >= 15 is 0 Å². The van der Waals surface area contributed by atoms with Gasteiger partial charge in [0, 0.05) is 11.9 Å². The molecule has 128 valence electrons. The van der Waals surface area contributed by atoms with Crippen LogP contribution in [0.4, 0.5) is 0 Å². The van der Waals surface area contributed by atoms with E-state index in [1.807, 2.05) is 47.4 Å². The van der Waals surface area contributed by atoms with Gasteiger partial charge in [0.1, 0.15) is 11.4 Å². The highest BCUT2D eigenvalue weighted by atomic mass is 16.5. The Bertz CT molecular complexity index is 903. The van der Waals surface area contributed by atoms with Crippen molar-refractivity contribution in [2.45, 2.75) is 25.3 Å². The minimum atomic E-state index is 0.0874. The largest absolute Gasteiger partial charge is 0.497 e. The van der Waals surface area contributed by atoms with E-state index in [1.165, 1.54) is 0 Å². The van der Waals surface area contributed by atoms with Crippen LogP contribution in [-0.4, -0.2) is 29.6 Å². The number of methoxy groups -OCH3 is 1. The Kier molecular flexibility index (Phi) is 4.14. The number of hydrogen-bond acceptors (Lipinski definition) is 4. The van der Waals surface area contributed by atoms with Gasteiger partial charge >= 0.3 is 0 Å². The fourth-order valence-electron chi connectivity index (χ4n) is 3.57. The second-order valence-electron chi connectivity index (χ2n) is 6.32. The van der Waals surface area contributed by atoms with E-state index in [4.69, 9.17) is 9.26 Å². The van der Waals surface area contributed by atoms with Gasteiger partial charge in [-0.05, 0) is 42.7 Å². The molecule has 0 spiro atoms. The van der Waals surface area contributed by atoms with Crippen LogP contribution in [0, 0.1) is 0 Å². The van der Waals surface area contributed by atoms with Crippen molar-refractivity contribution in [3.63, 3.8) is 0 Å². The summed E-state index contributed by atoms with van der Waals surface area (Å²) in [6, 6.07) is 15.7. The molecule has 5 nitrogen and oxygen atoms in total. The van der Waals surface area contributed by atoms with E-state index < -0.39 is 0 Å². The monoisotopic (exact) mass is 336 g/mol. The van der Waals surface area contributed by atoms with Gasteiger partial charge in [-0.2, -0.15) is 0 Å². The lowest BCUT2D eigenvalue weighted by Crippen LogP contribution is -2.32. The van der Waals surface area contributed by atoms with Crippen molar-refractivity contribution in [2.75, 3.05) is 13.7 Å². The van der Waals surface area contributed by atoms with E-state index in [0.29, 0.717) is 5.69 Å². The molecule has 2 aromatic carbocycles. The molecule has 1 amide bonds. The van der Waals surface area contributed by atoms with Crippen LogP contribution in [-0.2, 0) is 11.2 Å². The zero-order chi connectivity index (χ0) is 17.2. The minimum Gasteiger partial charge on any atom is -0.497 e. The average molecular weight is 336 g/mol. The topological polar surface area (TPSA) is 55.6 Å². The van der Waals surface area contributed by atoms with Crippen molar-refractivity contribution < 1.29 is 14.1 Å². The molecular formula is C20H20N2O3. The first-order valence-electron chi connectivity index (χ1n) is 8.53. The first kappa shape index (κ1) is 15.7. The van der Waals surface area contributed by atoms with Gasteiger partial charge in [-0.3, -0.25) is 4.79 Å². The fraction of sp³-hybridized carbons (Fsp3) is 0.300. The van der Waals surface area contributed by atoms with Crippen LogP contribution < -0.4 is 4.74 Å². The highest BCUT2D eigenvalue weighted by Crippen LogP contribution is 2.34. The van der Waals surface area contributed by atoms with Crippen LogP contribution in [0.5, 0.6) is 5.75 Å². The first-order valence-corrected chi connectivity index (χ1v) is 8.53. The third kappa shape index (κ3) is 2.97. The third-order valence-corrected chi connectivity index (χ3v) is 4.82. The predicted octanol–water partition coefficient (Wildman–Crippen LogP) is 3.74. The van der Waals surface area contributed by atoms with Gasteiger partial charge in [0.2, 0.25) is 5.91 Å². The van der Waals surface area contributed by atoms with E-state index in [0.717, 1.165) is 41.7 Å². The molecule has 1 aliphatic heterocycles. The number of benzene rings is 2. The number of likely N-dealkylation sites (tertiary alicyclic amines) is 1. The van der Waals surface area contributed by atoms with Crippen LogP contribution in [0.3, 0.4) is 0 Å². The second kappa shape index (κ2) is 6.59. The Balaban J connectivity index is 1.56. The molecule has 1 atom stereocenters. The molecule has 0 radical (unpaired) electrons. The quantitative estimate of drug-likeness (QED) is 0.728. The molecule has 3 aromatic rings. The highest BCUT2D eigenvalue weighted by Gasteiger charge is 2.30. The normalized spacial score (nSPS) is 17.2. The van der Waals surface area contributed by atoms with Crippen LogP contribution in [0.1, 0.15) is 30.1 Å². The molecule has 1 aromatic heterocycles. The number of carbonyl (C=O) groups is 1. The summed E-state index contributed by atoms with van der Waals surface area (Å²) < 4.78 is 10.6. The summed E-state index contributed by atoms with van der Waals surface area (Å²) in [6.45, 7) is 0.774. The lowest BCUT2D eigenvalue weighted by molar-refractivity contribution is -0.131. The summed E-state index contributed by atoms with van der Waals surface area (Å²) in [4.78, 5) is 14.9. The van der Waals surface area contributed by atoms with Crippen molar-refractivity contribution in [2.24, 2.45) is 0 Å². The molecule has 0 aliphatic carbocycles. The maximum Gasteiger partial charge on any atom is 0.229 e. The predicted molar refractivity (Wildman–Crippen MR) is 94.4 cm³/mol. The van der Waals surface area contributed by atoms with Crippen molar-refractivity contribution in [1.82, 2.24) is 10.1 Å². The molecule has 2 heterocycles. The molecule has 1 unspecified atom stereocenters. The van der Waals surface area contributed by atoms with E-state index in [1.54, 1.807) is 7.11 Å². The number of hydrogen-bond donors (Lipinski definition) is 0. The lowest BCUT2D eigenvalue weighted by Gasteiger charge is -2.25. The Morgan fingerprint density at radius 3 is 3.04 bits per heavy atom. The van der Waals surface area contributed by atoms with Gasteiger partial charge in [0.15, 0.2) is 5.58 Å². The number of carbonyl (C=O) groups excluding carboxylic acids is 1. The molecule has 5 heteroatoms. The smallest absolute Gasteiger partial charge is 0.229 e. The first-order chi connectivity index (χ1) is 12.3. The molecule has 4 rings (SSSR count). The van der Waals surface area contributed by atoms with Crippen LogP contribution in [0.15, 0.2) is 53.1 Å². The number of nitrogens with zero attached hydrogens (tertiary/aromatic N) is 2. The number of rotatable bonds is 4. The van der Waals surface area contributed by atoms with Gasteiger partial charge in [-0.25, -0.2) is 0 Å². The van der Waals surface area contributed by atoms with Crippen molar-refractivity contribution in [1.29, 1.82) is 0 Å². The number of fused-ring (bicyclic) bond motifs is 1. The maximum atomic E-state index is 12.9. The number of amides is 1. The summed E-state index contributed by atoms with van der Waals surface area (Å²) in [5.41, 5.74) is 2.54. The van der Waals surface area contributed by atoms with E-state index in [-0.39, 0.29) is 18.4 Å². The van der Waals surface area contributed by atoms with Crippen molar-refractivity contribution in [3.05, 3.63) is 59.8 Å². The summed E-state index contributed by atoms with van der Waals surface area (Å²) >= 11 is 0. The Hall–Kier alpha value is -2.82. The van der Waals surface area contributed by atoms with Gasteiger partial charge in [-0.15, -0.1) is 0 Å². The SMILES string of the molecule is COc1cccc(C2CCCN2C(=O)Cc2noc3ccccc23)c1. The van der Waals surface area contributed by atoms with Crippen molar-refractivity contribution in [3.8, 4) is 5.75 Å². The zero-order valence-electron chi connectivity index (χ0n) is 14.1. The lowest BCUT2D eigenvalue weighted by atomic mass is 10.0. The molecule has 1 aliphatic rings. The Morgan fingerprint density at radius 1 is 1.28 bits per heavy atom. The average Bonchev–Trinajstić information content (AvgIpc) is 3.29. The number of ether oxygens (including phenoxy) is 1. The minimum absolute atomic E-state index is 0.0874. The molecule has 1 saturated heterocycles. The van der Waals surface area contributed by atoms with Crippen LogP contribution in [0.2, 0.25) is 0 Å². The summed E-state index contributed by atoms with van der Waals surface area (Å²) in [6.07, 6.45) is 2.24. The Morgan fingerprint density at radius 2 is 2.16 bits per heavy atom. The molecule has 1 fully saturated rings. The van der Waals surface area contributed by atoms with Gasteiger partial charge < -0.3 is 14.2 Å². The van der Waals surface area contributed by atoms with Crippen LogP contribution in [0.25, 0.3) is 11.0 Å². The third-order valence-electron chi connectivity index (χ3n) is 4.82. The second-order valence-corrected chi connectivity index (χ2v) is 6.32. The molecular weight excluding hydrogens is 316 g/mol. The molecule has 0 N–H and O–H groups in total.